The average molecular weight is 445 g/mol. The second-order valence-electron chi connectivity index (χ2n) is 9.65. The summed E-state index contributed by atoms with van der Waals surface area (Å²) < 4.78 is 67.5. The zero-order chi connectivity index (χ0) is 21.9. The van der Waals surface area contributed by atoms with Gasteiger partial charge >= 0.3 is 6.18 Å². The van der Waals surface area contributed by atoms with Gasteiger partial charge in [-0.05, 0) is 81.8 Å². The first-order valence-corrected chi connectivity index (χ1v) is 11.9. The van der Waals surface area contributed by atoms with Crippen molar-refractivity contribution in [1.29, 1.82) is 0 Å². The van der Waals surface area contributed by atoms with Crippen LogP contribution in [0.2, 0.25) is 0 Å². The van der Waals surface area contributed by atoms with E-state index in [-0.39, 0.29) is 6.04 Å². The fourth-order valence-corrected chi connectivity index (χ4v) is 7.47. The number of nitrogens with one attached hydrogen (secondary N) is 2. The Kier molecular flexibility index (Phi) is 5.20. The number of carbonyl (C=O) groups is 1. The number of carbonyl (C=O) groups excluding carboxylic acids is 1. The number of benzene rings is 1. The number of halogens is 3. The molecule has 30 heavy (non-hydrogen) atoms. The van der Waals surface area contributed by atoms with Crippen molar-refractivity contribution in [3.05, 3.63) is 29.8 Å². The molecule has 166 valence electrons. The quantitative estimate of drug-likeness (QED) is 0.727. The van der Waals surface area contributed by atoms with Crippen LogP contribution in [-0.4, -0.2) is 25.9 Å². The number of rotatable bonds is 5. The van der Waals surface area contributed by atoms with Gasteiger partial charge < -0.3 is 5.32 Å². The molecule has 4 saturated carbocycles. The number of hydrogen-bond acceptors (Lipinski definition) is 3. The summed E-state index contributed by atoms with van der Waals surface area (Å²) in [7, 11) is -4.57. The fraction of sp³-hybridized carbons (Fsp3) is 0.667. The molecular formula is C21H27F3N2O3S. The van der Waals surface area contributed by atoms with Gasteiger partial charge in [-0.15, -0.1) is 0 Å². The van der Waals surface area contributed by atoms with E-state index in [1.165, 1.54) is 26.3 Å². The molecule has 5 rings (SSSR count). The van der Waals surface area contributed by atoms with Crippen molar-refractivity contribution in [3.8, 4) is 0 Å². The van der Waals surface area contributed by atoms with Crippen molar-refractivity contribution < 1.29 is 26.4 Å². The maximum atomic E-state index is 13.3. The number of alkyl halides is 3. The largest absolute Gasteiger partial charge is 0.417 e. The Morgan fingerprint density at radius 3 is 2.03 bits per heavy atom. The molecule has 4 bridgehead atoms. The van der Waals surface area contributed by atoms with Gasteiger partial charge in [0.05, 0.1) is 10.5 Å². The van der Waals surface area contributed by atoms with Gasteiger partial charge in [-0.2, -0.15) is 17.9 Å². The van der Waals surface area contributed by atoms with E-state index in [2.05, 4.69) is 10.0 Å². The highest BCUT2D eigenvalue weighted by Crippen LogP contribution is 2.53. The lowest BCUT2D eigenvalue weighted by Gasteiger charge is -2.54. The van der Waals surface area contributed by atoms with E-state index >= 15 is 0 Å². The Bertz CT molecular complexity index is 915. The molecule has 2 N–H and O–H groups in total. The first-order chi connectivity index (χ1) is 13.9. The summed E-state index contributed by atoms with van der Waals surface area (Å²) in [5.74, 6) is 1.76. The highest BCUT2D eigenvalue weighted by Gasteiger charge is 2.49. The van der Waals surface area contributed by atoms with Crippen LogP contribution in [-0.2, 0) is 21.0 Å². The SMILES string of the molecule is CC(C)(NS(=O)(=O)c1ccccc1C(F)(F)F)C(=O)NC1C2CC3CC(C2)CC1C3. The molecule has 1 aromatic carbocycles. The van der Waals surface area contributed by atoms with Crippen molar-refractivity contribution in [2.24, 2.45) is 23.7 Å². The Balaban J connectivity index is 1.51. The Hall–Kier alpha value is -1.61. The third-order valence-electron chi connectivity index (χ3n) is 6.96. The van der Waals surface area contributed by atoms with E-state index in [0.29, 0.717) is 11.8 Å². The van der Waals surface area contributed by atoms with E-state index in [4.69, 9.17) is 0 Å². The van der Waals surface area contributed by atoms with Crippen LogP contribution in [0.3, 0.4) is 0 Å². The van der Waals surface area contributed by atoms with Crippen LogP contribution in [0.5, 0.6) is 0 Å². The van der Waals surface area contributed by atoms with Gasteiger partial charge in [-0.3, -0.25) is 4.79 Å². The maximum absolute atomic E-state index is 13.3. The average Bonchev–Trinajstić information content (AvgIpc) is 2.62. The first-order valence-electron chi connectivity index (χ1n) is 10.4. The fourth-order valence-electron chi connectivity index (χ4n) is 5.87. The highest BCUT2D eigenvalue weighted by atomic mass is 32.2. The molecule has 4 aliphatic rings. The lowest BCUT2D eigenvalue weighted by Crippen LogP contribution is -2.62. The zero-order valence-electron chi connectivity index (χ0n) is 17.0. The summed E-state index contributed by atoms with van der Waals surface area (Å²) in [6.07, 6.45) is 0.800. The number of sulfonamides is 1. The summed E-state index contributed by atoms with van der Waals surface area (Å²) in [5.41, 5.74) is -2.85. The highest BCUT2D eigenvalue weighted by molar-refractivity contribution is 7.89. The smallest absolute Gasteiger partial charge is 0.351 e. The van der Waals surface area contributed by atoms with Gasteiger partial charge in [-0.25, -0.2) is 8.42 Å². The normalized spacial score (nSPS) is 31.0. The second kappa shape index (κ2) is 7.22. The van der Waals surface area contributed by atoms with E-state index in [0.717, 1.165) is 55.7 Å². The first kappa shape index (κ1) is 21.6. The third kappa shape index (κ3) is 3.98. The van der Waals surface area contributed by atoms with E-state index in [9.17, 15) is 26.4 Å². The van der Waals surface area contributed by atoms with Gasteiger partial charge in [0.25, 0.3) is 0 Å². The summed E-state index contributed by atoms with van der Waals surface area (Å²) in [4.78, 5) is 12.1. The lowest BCUT2D eigenvalue weighted by atomic mass is 9.54. The maximum Gasteiger partial charge on any atom is 0.417 e. The minimum atomic E-state index is -4.82. The topological polar surface area (TPSA) is 75.3 Å². The molecule has 0 spiro atoms. The summed E-state index contributed by atoms with van der Waals surface area (Å²) in [6.45, 7) is 2.76. The Morgan fingerprint density at radius 1 is 0.967 bits per heavy atom. The second-order valence-corrected chi connectivity index (χ2v) is 11.3. The van der Waals surface area contributed by atoms with Crippen LogP contribution in [0.1, 0.15) is 51.5 Å². The third-order valence-corrected chi connectivity index (χ3v) is 8.68. The van der Waals surface area contributed by atoms with Crippen molar-refractivity contribution in [2.45, 2.75) is 68.6 Å². The predicted octanol–water partition coefficient (Wildman–Crippen LogP) is 3.70. The molecule has 1 aromatic rings. The van der Waals surface area contributed by atoms with Gasteiger partial charge in [0, 0.05) is 6.04 Å². The van der Waals surface area contributed by atoms with E-state index in [1.54, 1.807) is 0 Å². The summed E-state index contributed by atoms with van der Waals surface area (Å²) in [6, 6.07) is 3.99. The molecule has 0 heterocycles. The van der Waals surface area contributed by atoms with Crippen LogP contribution in [0.15, 0.2) is 29.2 Å². The molecule has 0 aromatic heterocycles. The predicted molar refractivity (Wildman–Crippen MR) is 105 cm³/mol. The van der Waals surface area contributed by atoms with E-state index in [1.807, 2.05) is 0 Å². The molecule has 0 aliphatic heterocycles. The standard InChI is InChI=1S/C21H27F3N2O3S/c1-20(2,26-30(28,29)17-6-4-3-5-16(17)21(22,23)24)19(27)25-18-14-8-12-7-13(10-14)11-15(18)9-12/h3-6,12-15,18,26H,7-11H2,1-2H3,(H,25,27). The van der Waals surface area contributed by atoms with Crippen molar-refractivity contribution >= 4 is 15.9 Å². The summed E-state index contributed by atoms with van der Waals surface area (Å²) >= 11 is 0. The van der Waals surface area contributed by atoms with Gasteiger partial charge in [0.1, 0.15) is 5.54 Å². The van der Waals surface area contributed by atoms with Crippen LogP contribution in [0.4, 0.5) is 13.2 Å². The lowest BCUT2D eigenvalue weighted by molar-refractivity contribution is -0.139. The molecule has 1 amide bonds. The monoisotopic (exact) mass is 444 g/mol. The van der Waals surface area contributed by atoms with Crippen LogP contribution < -0.4 is 10.0 Å². The molecule has 9 heteroatoms. The molecular weight excluding hydrogens is 417 g/mol. The number of hydrogen-bond donors (Lipinski definition) is 2. The van der Waals surface area contributed by atoms with Crippen molar-refractivity contribution in [3.63, 3.8) is 0 Å². The van der Waals surface area contributed by atoms with Crippen LogP contribution in [0, 0.1) is 23.7 Å². The molecule has 4 fully saturated rings. The van der Waals surface area contributed by atoms with Crippen LogP contribution in [0.25, 0.3) is 0 Å². The van der Waals surface area contributed by atoms with Gasteiger partial charge in [0.2, 0.25) is 15.9 Å². The van der Waals surface area contributed by atoms with Gasteiger partial charge in [-0.1, -0.05) is 12.1 Å². The molecule has 5 nitrogen and oxygen atoms in total. The van der Waals surface area contributed by atoms with Crippen molar-refractivity contribution in [2.75, 3.05) is 0 Å². The van der Waals surface area contributed by atoms with Gasteiger partial charge in [0.15, 0.2) is 0 Å². The summed E-state index contributed by atoms with van der Waals surface area (Å²) in [5, 5.41) is 3.03. The number of amides is 1. The molecule has 0 atom stereocenters. The molecule has 0 radical (unpaired) electrons. The molecule has 4 aliphatic carbocycles. The Morgan fingerprint density at radius 2 is 1.50 bits per heavy atom. The molecule has 0 saturated heterocycles. The van der Waals surface area contributed by atoms with Crippen LogP contribution >= 0.6 is 0 Å². The molecule has 0 unspecified atom stereocenters. The van der Waals surface area contributed by atoms with E-state index < -0.39 is 38.1 Å². The Labute approximate surface area is 174 Å². The van der Waals surface area contributed by atoms with Crippen molar-refractivity contribution in [1.82, 2.24) is 10.0 Å². The zero-order valence-corrected chi connectivity index (χ0v) is 17.8. The minimum absolute atomic E-state index is 0.0107. The minimum Gasteiger partial charge on any atom is -0.351 e.